The number of methoxy groups -OCH3 is 1. The molecule has 0 aliphatic carbocycles. The van der Waals surface area contributed by atoms with Gasteiger partial charge in [0, 0.05) is 20.3 Å². The predicted molar refractivity (Wildman–Crippen MR) is 57.4 cm³/mol. The van der Waals surface area contributed by atoms with E-state index in [1.165, 1.54) is 7.11 Å². The topological polar surface area (TPSA) is 66.2 Å². The molecule has 0 aromatic carbocycles. The summed E-state index contributed by atoms with van der Waals surface area (Å²) in [5, 5.41) is 7.00. The van der Waals surface area contributed by atoms with E-state index < -0.39 is 23.8 Å². The molecule has 0 amide bonds. The molecule has 18 heavy (non-hydrogen) atoms. The molecule has 0 bridgehead atoms. The van der Waals surface area contributed by atoms with Crippen LogP contribution in [0.2, 0.25) is 0 Å². The summed E-state index contributed by atoms with van der Waals surface area (Å²) < 4.78 is 36.3. The van der Waals surface area contributed by atoms with Crippen LogP contribution in [0.25, 0.3) is 0 Å². The van der Waals surface area contributed by atoms with E-state index in [9.17, 15) is 13.6 Å². The minimum absolute atomic E-state index is 0.0953. The van der Waals surface area contributed by atoms with Gasteiger partial charge in [0.15, 0.2) is 5.69 Å². The number of ether oxygens (including phenoxy) is 2. The Labute approximate surface area is 103 Å². The Morgan fingerprint density at radius 1 is 1.50 bits per heavy atom. The van der Waals surface area contributed by atoms with Crippen LogP contribution < -0.4 is 0 Å². The van der Waals surface area contributed by atoms with Gasteiger partial charge in [0.25, 0.3) is 6.43 Å². The lowest BCUT2D eigenvalue weighted by atomic mass is 10.3. The van der Waals surface area contributed by atoms with Crippen molar-refractivity contribution in [2.75, 3.05) is 20.3 Å². The fourth-order valence-corrected chi connectivity index (χ4v) is 1.41. The minimum Gasteiger partial charge on any atom is -0.461 e. The van der Waals surface area contributed by atoms with Gasteiger partial charge in [0.1, 0.15) is 5.69 Å². The molecular weight excluding hydrogens is 248 g/mol. The predicted octanol–water partition coefficient (Wildman–Crippen LogP) is 1.43. The van der Waals surface area contributed by atoms with Gasteiger partial charge in [0.2, 0.25) is 0 Å². The highest BCUT2D eigenvalue weighted by Gasteiger charge is 2.27. The molecule has 0 fully saturated rings. The van der Waals surface area contributed by atoms with E-state index >= 15 is 0 Å². The fourth-order valence-electron chi connectivity index (χ4n) is 1.41. The molecular formula is C10H15F2N3O3. The van der Waals surface area contributed by atoms with Gasteiger partial charge >= 0.3 is 5.97 Å². The summed E-state index contributed by atoms with van der Waals surface area (Å²) in [6.07, 6.45) is -2.33. The largest absolute Gasteiger partial charge is 0.461 e. The number of rotatable bonds is 7. The first kappa shape index (κ1) is 14.5. The summed E-state index contributed by atoms with van der Waals surface area (Å²) in [5.41, 5.74) is -0.936. The zero-order valence-corrected chi connectivity index (χ0v) is 10.2. The molecule has 6 nitrogen and oxygen atoms in total. The molecule has 0 radical (unpaired) electrons. The minimum atomic E-state index is -2.83. The second-order valence-corrected chi connectivity index (χ2v) is 3.41. The Morgan fingerprint density at radius 2 is 2.22 bits per heavy atom. The van der Waals surface area contributed by atoms with Crippen LogP contribution in [-0.2, 0) is 16.0 Å². The van der Waals surface area contributed by atoms with Crippen molar-refractivity contribution in [1.29, 1.82) is 0 Å². The second kappa shape index (κ2) is 7.00. The second-order valence-electron chi connectivity index (χ2n) is 3.41. The van der Waals surface area contributed by atoms with Crippen LogP contribution in [0.3, 0.4) is 0 Å². The quantitative estimate of drug-likeness (QED) is 0.550. The number of aromatic nitrogens is 3. The first-order valence-electron chi connectivity index (χ1n) is 5.49. The number of hydrogen-bond donors (Lipinski definition) is 0. The lowest BCUT2D eigenvalue weighted by Crippen LogP contribution is -2.12. The average molecular weight is 263 g/mol. The number of carbonyl (C=O) groups excluding carboxylic acids is 1. The van der Waals surface area contributed by atoms with E-state index in [2.05, 4.69) is 15.0 Å². The molecule has 0 aliphatic rings. The Hall–Kier alpha value is -1.57. The van der Waals surface area contributed by atoms with E-state index in [1.54, 1.807) is 6.92 Å². The van der Waals surface area contributed by atoms with Crippen molar-refractivity contribution in [2.24, 2.45) is 0 Å². The number of hydrogen-bond acceptors (Lipinski definition) is 5. The van der Waals surface area contributed by atoms with Crippen molar-refractivity contribution in [1.82, 2.24) is 15.0 Å². The van der Waals surface area contributed by atoms with Gasteiger partial charge in [-0.15, -0.1) is 5.10 Å². The van der Waals surface area contributed by atoms with Crippen molar-refractivity contribution in [3.8, 4) is 0 Å². The maximum absolute atomic E-state index is 12.9. The highest BCUT2D eigenvalue weighted by molar-refractivity contribution is 5.88. The molecule has 0 atom stereocenters. The maximum Gasteiger partial charge on any atom is 0.361 e. The van der Waals surface area contributed by atoms with Crippen molar-refractivity contribution in [3.05, 3.63) is 11.4 Å². The standard InChI is InChI=1S/C10H15F2N3O3/c1-3-18-10(16)7-8(9(11)12)15(14-13-7)5-4-6-17-2/h9H,3-6H2,1-2H3. The third kappa shape index (κ3) is 3.46. The molecule has 0 aliphatic heterocycles. The van der Waals surface area contributed by atoms with Gasteiger partial charge in [-0.3, -0.25) is 0 Å². The summed E-state index contributed by atoms with van der Waals surface area (Å²) in [4.78, 5) is 11.4. The van der Waals surface area contributed by atoms with Crippen LogP contribution >= 0.6 is 0 Å². The highest BCUT2D eigenvalue weighted by atomic mass is 19.3. The van der Waals surface area contributed by atoms with Gasteiger partial charge in [0.05, 0.1) is 6.61 Å². The van der Waals surface area contributed by atoms with E-state index in [0.717, 1.165) is 4.68 Å². The van der Waals surface area contributed by atoms with Gasteiger partial charge in [-0.1, -0.05) is 5.21 Å². The molecule has 0 unspecified atom stereocenters. The number of halogens is 2. The zero-order valence-electron chi connectivity index (χ0n) is 10.2. The monoisotopic (exact) mass is 263 g/mol. The first-order valence-corrected chi connectivity index (χ1v) is 5.49. The summed E-state index contributed by atoms with van der Waals surface area (Å²) in [6, 6.07) is 0. The van der Waals surface area contributed by atoms with Crippen molar-refractivity contribution in [3.63, 3.8) is 0 Å². The van der Waals surface area contributed by atoms with Crippen molar-refractivity contribution >= 4 is 5.97 Å². The van der Waals surface area contributed by atoms with Crippen LogP contribution in [0.4, 0.5) is 8.78 Å². The average Bonchev–Trinajstić information content (AvgIpc) is 2.74. The highest BCUT2D eigenvalue weighted by Crippen LogP contribution is 2.22. The summed E-state index contributed by atoms with van der Waals surface area (Å²) in [7, 11) is 1.51. The molecule has 8 heteroatoms. The lowest BCUT2D eigenvalue weighted by molar-refractivity contribution is 0.0506. The molecule has 1 rings (SSSR count). The number of esters is 1. The number of nitrogens with zero attached hydrogens (tertiary/aromatic N) is 3. The fraction of sp³-hybridized carbons (Fsp3) is 0.700. The molecule has 102 valence electrons. The SMILES string of the molecule is CCOC(=O)c1nnn(CCCOC)c1C(F)F. The van der Waals surface area contributed by atoms with E-state index in [-0.39, 0.29) is 13.2 Å². The summed E-state index contributed by atoms with van der Waals surface area (Å²) in [6.45, 7) is 2.30. The van der Waals surface area contributed by atoms with Crippen LogP contribution in [0.1, 0.15) is 36.0 Å². The molecule has 0 saturated carbocycles. The van der Waals surface area contributed by atoms with Crippen LogP contribution in [-0.4, -0.2) is 41.3 Å². The first-order chi connectivity index (χ1) is 8.61. The van der Waals surface area contributed by atoms with Gasteiger partial charge < -0.3 is 9.47 Å². The van der Waals surface area contributed by atoms with E-state index in [4.69, 9.17) is 4.74 Å². The van der Waals surface area contributed by atoms with Crippen molar-refractivity contribution in [2.45, 2.75) is 26.3 Å². The number of alkyl halides is 2. The van der Waals surface area contributed by atoms with Gasteiger partial charge in [-0.05, 0) is 13.3 Å². The molecule has 0 saturated heterocycles. The smallest absolute Gasteiger partial charge is 0.361 e. The number of carbonyl (C=O) groups is 1. The zero-order chi connectivity index (χ0) is 13.5. The van der Waals surface area contributed by atoms with Gasteiger partial charge in [-0.25, -0.2) is 18.3 Å². The van der Waals surface area contributed by atoms with Gasteiger partial charge in [-0.2, -0.15) is 0 Å². The Morgan fingerprint density at radius 3 is 2.78 bits per heavy atom. The molecule has 1 aromatic rings. The Kier molecular flexibility index (Phi) is 5.63. The summed E-state index contributed by atoms with van der Waals surface area (Å²) >= 11 is 0. The van der Waals surface area contributed by atoms with E-state index in [0.29, 0.717) is 13.0 Å². The maximum atomic E-state index is 12.9. The van der Waals surface area contributed by atoms with E-state index in [1.807, 2.05) is 0 Å². The normalized spacial score (nSPS) is 10.9. The van der Waals surface area contributed by atoms with Crippen LogP contribution in [0, 0.1) is 0 Å². The third-order valence-electron chi connectivity index (χ3n) is 2.17. The third-order valence-corrected chi connectivity index (χ3v) is 2.17. The Balaban J connectivity index is 2.88. The van der Waals surface area contributed by atoms with Crippen LogP contribution in [0.5, 0.6) is 0 Å². The van der Waals surface area contributed by atoms with Crippen molar-refractivity contribution < 1.29 is 23.0 Å². The molecule has 1 aromatic heterocycles. The summed E-state index contributed by atoms with van der Waals surface area (Å²) in [5.74, 6) is -0.884. The molecule has 0 N–H and O–H groups in total. The molecule has 0 spiro atoms. The molecule has 1 heterocycles. The number of aryl methyl sites for hydroxylation is 1. The van der Waals surface area contributed by atoms with Crippen LogP contribution in [0.15, 0.2) is 0 Å². The Bertz CT molecular complexity index is 396. The lowest BCUT2D eigenvalue weighted by Gasteiger charge is -2.06.